The number of benzene rings is 1. The van der Waals surface area contributed by atoms with Crippen molar-refractivity contribution in [2.45, 2.75) is 25.4 Å². The van der Waals surface area contributed by atoms with Crippen LogP contribution in [0.3, 0.4) is 0 Å². The van der Waals surface area contributed by atoms with Gasteiger partial charge in [-0.05, 0) is 31.0 Å². The Balaban J connectivity index is 1.46. The number of fused-ring (bicyclic) bond motifs is 1. The summed E-state index contributed by atoms with van der Waals surface area (Å²) in [7, 11) is 1.44. The van der Waals surface area contributed by atoms with E-state index in [4.69, 9.17) is 15.0 Å². The highest BCUT2D eigenvalue weighted by molar-refractivity contribution is 5.97. The zero-order chi connectivity index (χ0) is 24.7. The van der Waals surface area contributed by atoms with Gasteiger partial charge in [0, 0.05) is 38.4 Å². The van der Waals surface area contributed by atoms with Crippen molar-refractivity contribution >= 4 is 28.8 Å². The number of carbonyl (C=O) groups is 1. The molecule has 0 radical (unpaired) electrons. The second-order valence-electron chi connectivity index (χ2n) is 8.80. The molecule has 0 unspecified atom stereocenters. The number of anilines is 1. The molecular formula is C24H26FN5O5. The molecule has 184 valence electrons. The molecule has 1 aromatic carbocycles. The first kappa shape index (κ1) is 22.9. The molecule has 11 heteroatoms. The fraction of sp³-hybridized carbons (Fsp3) is 0.375. The number of piperazine rings is 1. The third-order valence-electron chi connectivity index (χ3n) is 6.53. The van der Waals surface area contributed by atoms with Crippen molar-refractivity contribution in [3.05, 3.63) is 57.5 Å². The third kappa shape index (κ3) is 4.23. The Labute approximate surface area is 200 Å². The van der Waals surface area contributed by atoms with Gasteiger partial charge in [-0.1, -0.05) is 0 Å². The van der Waals surface area contributed by atoms with Crippen molar-refractivity contribution in [3.8, 4) is 5.75 Å². The van der Waals surface area contributed by atoms with Gasteiger partial charge < -0.3 is 29.6 Å². The summed E-state index contributed by atoms with van der Waals surface area (Å²) in [5.41, 5.74) is -0.356. The first-order valence-electron chi connectivity index (χ1n) is 11.4. The van der Waals surface area contributed by atoms with Gasteiger partial charge in [0.2, 0.25) is 5.43 Å². The van der Waals surface area contributed by atoms with Crippen LogP contribution < -0.4 is 20.9 Å². The van der Waals surface area contributed by atoms with Crippen LogP contribution in [0.1, 0.15) is 40.8 Å². The number of nitrogens with zero attached hydrogens (tertiary/aromatic N) is 4. The Bertz CT molecular complexity index is 1370. The maximum Gasteiger partial charge on any atom is 0.341 e. The fourth-order valence-corrected chi connectivity index (χ4v) is 4.70. The minimum atomic E-state index is -1.33. The summed E-state index contributed by atoms with van der Waals surface area (Å²) in [5, 5.41) is 13.0. The van der Waals surface area contributed by atoms with Crippen LogP contribution in [0.2, 0.25) is 0 Å². The molecule has 1 saturated carbocycles. The van der Waals surface area contributed by atoms with Crippen molar-refractivity contribution in [1.29, 1.82) is 0 Å². The summed E-state index contributed by atoms with van der Waals surface area (Å²) in [4.78, 5) is 28.6. The number of carboxylic acids is 1. The molecule has 0 amide bonds. The highest BCUT2D eigenvalue weighted by atomic mass is 19.1. The highest BCUT2D eigenvalue weighted by Crippen LogP contribution is 2.43. The van der Waals surface area contributed by atoms with E-state index in [1.165, 1.54) is 19.5 Å². The number of ether oxygens (including phenoxy) is 1. The molecule has 2 aromatic heterocycles. The Kier molecular flexibility index (Phi) is 5.93. The van der Waals surface area contributed by atoms with Gasteiger partial charge in [0.05, 0.1) is 30.8 Å². The standard InChI is InChI=1S/C24H26FN5O5/c1-34-23-20-17(22(31)18(24(32)33)13-30(20)14-2-3-14)10-19(25)21(23)29-8-6-28(7-9-29)12-16-5-4-15(35-16)11-27-26/h4-5,10-11,13-14H,2-3,6-9,12,26H2,1H3,(H,32,33)/b27-11+. The Hall–Kier alpha value is -3.86. The molecule has 3 heterocycles. The van der Waals surface area contributed by atoms with E-state index in [9.17, 15) is 14.7 Å². The number of aromatic nitrogens is 1. The maximum atomic E-state index is 15.5. The Morgan fingerprint density at radius 1 is 1.31 bits per heavy atom. The van der Waals surface area contributed by atoms with Gasteiger partial charge in [-0.25, -0.2) is 9.18 Å². The smallest absolute Gasteiger partial charge is 0.341 e. The van der Waals surface area contributed by atoms with Crippen LogP contribution >= 0.6 is 0 Å². The lowest BCUT2D eigenvalue weighted by molar-refractivity contribution is 0.0694. The molecule has 1 aliphatic carbocycles. The number of hydrogen-bond acceptors (Lipinski definition) is 8. The number of carboxylic acid groups (broad SMARTS) is 1. The molecule has 2 aliphatic rings. The molecule has 0 atom stereocenters. The molecule has 2 fully saturated rings. The van der Waals surface area contributed by atoms with Crippen molar-refractivity contribution < 1.29 is 23.4 Å². The maximum absolute atomic E-state index is 15.5. The normalized spacial score (nSPS) is 16.9. The van der Waals surface area contributed by atoms with Gasteiger partial charge in [0.25, 0.3) is 0 Å². The molecule has 10 nitrogen and oxygen atoms in total. The second-order valence-corrected chi connectivity index (χ2v) is 8.80. The molecular weight excluding hydrogens is 457 g/mol. The average molecular weight is 484 g/mol. The van der Waals surface area contributed by atoms with E-state index < -0.39 is 17.2 Å². The van der Waals surface area contributed by atoms with Crippen LogP contribution in [0.15, 0.2) is 38.7 Å². The number of aromatic carboxylic acids is 1. The number of nitrogens with two attached hydrogens (primary N) is 1. The zero-order valence-corrected chi connectivity index (χ0v) is 19.2. The number of halogens is 1. The van der Waals surface area contributed by atoms with Crippen LogP contribution in [0, 0.1) is 5.82 Å². The summed E-state index contributed by atoms with van der Waals surface area (Å²) in [6.45, 7) is 3.00. The van der Waals surface area contributed by atoms with E-state index in [2.05, 4.69) is 10.0 Å². The number of rotatable bonds is 7. The molecule has 1 saturated heterocycles. The second kappa shape index (κ2) is 9.06. The largest absolute Gasteiger partial charge is 0.492 e. The molecule has 0 bridgehead atoms. The van der Waals surface area contributed by atoms with Crippen LogP contribution in [0.4, 0.5) is 10.1 Å². The van der Waals surface area contributed by atoms with Crippen molar-refractivity contribution in [1.82, 2.24) is 9.47 Å². The zero-order valence-electron chi connectivity index (χ0n) is 19.2. The van der Waals surface area contributed by atoms with Crippen molar-refractivity contribution in [2.75, 3.05) is 38.2 Å². The van der Waals surface area contributed by atoms with E-state index in [-0.39, 0.29) is 28.4 Å². The first-order chi connectivity index (χ1) is 16.9. The van der Waals surface area contributed by atoms with Crippen molar-refractivity contribution in [3.63, 3.8) is 0 Å². The molecule has 3 N–H and O–H groups in total. The summed E-state index contributed by atoms with van der Waals surface area (Å²) in [6.07, 6.45) is 4.52. The number of hydrogen-bond donors (Lipinski definition) is 2. The molecule has 0 spiro atoms. The van der Waals surface area contributed by atoms with E-state index in [0.29, 0.717) is 44.0 Å². The fourth-order valence-electron chi connectivity index (χ4n) is 4.70. The number of hydrazone groups is 1. The Morgan fingerprint density at radius 3 is 2.69 bits per heavy atom. The van der Waals surface area contributed by atoms with Gasteiger partial charge in [-0.15, -0.1) is 0 Å². The van der Waals surface area contributed by atoms with E-state index in [1.807, 2.05) is 11.0 Å². The van der Waals surface area contributed by atoms with E-state index >= 15 is 4.39 Å². The van der Waals surface area contributed by atoms with E-state index in [0.717, 1.165) is 24.7 Å². The number of furan rings is 1. The lowest BCUT2D eigenvalue weighted by Crippen LogP contribution is -2.46. The summed E-state index contributed by atoms with van der Waals surface area (Å²) in [6, 6.07) is 4.88. The van der Waals surface area contributed by atoms with Crippen LogP contribution in [-0.2, 0) is 6.54 Å². The topological polar surface area (TPSA) is 127 Å². The van der Waals surface area contributed by atoms with Gasteiger partial charge in [-0.3, -0.25) is 9.69 Å². The summed E-state index contributed by atoms with van der Waals surface area (Å²) < 4.78 is 28.6. The number of pyridine rings is 1. The van der Waals surface area contributed by atoms with Crippen LogP contribution in [-0.4, -0.2) is 60.0 Å². The third-order valence-corrected chi connectivity index (χ3v) is 6.53. The highest BCUT2D eigenvalue weighted by Gasteiger charge is 2.32. The summed E-state index contributed by atoms with van der Waals surface area (Å²) >= 11 is 0. The predicted octanol–water partition coefficient (Wildman–Crippen LogP) is 2.39. The lowest BCUT2D eigenvalue weighted by Gasteiger charge is -2.36. The molecule has 1 aliphatic heterocycles. The van der Waals surface area contributed by atoms with Crippen molar-refractivity contribution in [2.24, 2.45) is 10.9 Å². The van der Waals surface area contributed by atoms with Gasteiger partial charge in [-0.2, -0.15) is 5.10 Å². The van der Waals surface area contributed by atoms with Gasteiger partial charge >= 0.3 is 5.97 Å². The minimum absolute atomic E-state index is 0.0168. The predicted molar refractivity (Wildman–Crippen MR) is 128 cm³/mol. The van der Waals surface area contributed by atoms with Crippen LogP contribution in [0.25, 0.3) is 10.9 Å². The van der Waals surface area contributed by atoms with Gasteiger partial charge in [0.15, 0.2) is 11.6 Å². The quantitative estimate of drug-likeness (QED) is 0.298. The average Bonchev–Trinajstić information content (AvgIpc) is 3.59. The van der Waals surface area contributed by atoms with E-state index in [1.54, 1.807) is 10.6 Å². The number of methoxy groups -OCH3 is 1. The summed E-state index contributed by atoms with van der Waals surface area (Å²) in [5.74, 6) is 4.84. The van der Waals surface area contributed by atoms with Gasteiger partial charge in [0.1, 0.15) is 22.8 Å². The Morgan fingerprint density at radius 2 is 2.06 bits per heavy atom. The first-order valence-corrected chi connectivity index (χ1v) is 11.4. The monoisotopic (exact) mass is 483 g/mol. The molecule has 3 aromatic rings. The minimum Gasteiger partial charge on any atom is -0.492 e. The molecule has 35 heavy (non-hydrogen) atoms. The SMILES string of the molecule is COc1c(N2CCN(Cc3ccc(/C=N/N)o3)CC2)c(F)cc2c(=O)c(C(=O)O)cn(C3CC3)c12. The molecule has 5 rings (SSSR count). The lowest BCUT2D eigenvalue weighted by atomic mass is 10.1. The van der Waals surface area contributed by atoms with Crippen LogP contribution in [0.5, 0.6) is 5.75 Å².